The van der Waals surface area contributed by atoms with E-state index < -0.39 is 11.5 Å². The van der Waals surface area contributed by atoms with E-state index in [1.165, 1.54) is 0 Å². The van der Waals surface area contributed by atoms with Gasteiger partial charge in [-0.25, -0.2) is 4.79 Å². The average molecular weight is 299 g/mol. The highest BCUT2D eigenvalue weighted by molar-refractivity contribution is 5.75. The van der Waals surface area contributed by atoms with Gasteiger partial charge in [-0.1, -0.05) is 20.8 Å². The van der Waals surface area contributed by atoms with E-state index in [9.17, 15) is 9.59 Å². The second-order valence-electron chi connectivity index (χ2n) is 7.78. The van der Waals surface area contributed by atoms with Crippen LogP contribution in [-0.2, 0) is 14.3 Å². The second-order valence-corrected chi connectivity index (χ2v) is 7.78. The lowest BCUT2D eigenvalue weighted by Crippen LogP contribution is -2.41. The van der Waals surface area contributed by atoms with Gasteiger partial charge in [0.25, 0.3) is 0 Å². The fourth-order valence-corrected chi connectivity index (χ4v) is 1.92. The second kappa shape index (κ2) is 6.67. The van der Waals surface area contributed by atoms with E-state index in [4.69, 9.17) is 9.47 Å². The number of hydrogen-bond donors (Lipinski definition) is 0. The molecule has 1 saturated heterocycles. The minimum absolute atomic E-state index is 0.0964. The van der Waals surface area contributed by atoms with E-state index in [2.05, 4.69) is 0 Å². The van der Waals surface area contributed by atoms with E-state index in [0.29, 0.717) is 0 Å². The molecule has 1 heterocycles. The first-order valence-electron chi connectivity index (χ1n) is 7.64. The molecule has 0 spiro atoms. The van der Waals surface area contributed by atoms with Gasteiger partial charge in [0.1, 0.15) is 12.7 Å². The Bertz CT molecular complexity index is 373. The fourth-order valence-electron chi connectivity index (χ4n) is 1.92. The van der Waals surface area contributed by atoms with Crippen LogP contribution in [0.3, 0.4) is 0 Å². The molecule has 0 aromatic heterocycles. The summed E-state index contributed by atoms with van der Waals surface area (Å²) in [7, 11) is 0. The summed E-state index contributed by atoms with van der Waals surface area (Å²) < 4.78 is 10.9. The molecule has 1 amide bonds. The van der Waals surface area contributed by atoms with Crippen molar-refractivity contribution in [2.45, 2.75) is 60.5 Å². The summed E-state index contributed by atoms with van der Waals surface area (Å²) in [6.07, 6.45) is 1.29. The Kier molecular flexibility index (Phi) is 5.65. The van der Waals surface area contributed by atoms with E-state index in [0.717, 1.165) is 25.9 Å². The van der Waals surface area contributed by atoms with Crippen molar-refractivity contribution in [3.8, 4) is 0 Å². The highest BCUT2D eigenvalue weighted by Gasteiger charge is 2.33. The number of nitrogens with zero attached hydrogens (tertiary/aromatic N) is 1. The summed E-state index contributed by atoms with van der Waals surface area (Å²) in [5.74, 6) is -0.283. The summed E-state index contributed by atoms with van der Waals surface area (Å²) >= 11 is 0. The van der Waals surface area contributed by atoms with Gasteiger partial charge in [0.2, 0.25) is 0 Å². The summed E-state index contributed by atoms with van der Waals surface area (Å²) in [5, 5.41) is 0. The predicted molar refractivity (Wildman–Crippen MR) is 80.9 cm³/mol. The Labute approximate surface area is 128 Å². The van der Waals surface area contributed by atoms with Gasteiger partial charge >= 0.3 is 12.1 Å². The number of rotatable bonds is 3. The van der Waals surface area contributed by atoms with Crippen LogP contribution in [0.4, 0.5) is 4.79 Å². The first-order valence-corrected chi connectivity index (χ1v) is 7.64. The molecule has 0 unspecified atom stereocenters. The van der Waals surface area contributed by atoms with Crippen LogP contribution in [0.5, 0.6) is 0 Å². The van der Waals surface area contributed by atoms with Gasteiger partial charge in [-0.15, -0.1) is 0 Å². The molecule has 5 nitrogen and oxygen atoms in total. The predicted octanol–water partition coefficient (Wildman–Crippen LogP) is 3.22. The maximum absolute atomic E-state index is 12.1. The Hall–Kier alpha value is -1.26. The van der Waals surface area contributed by atoms with Crippen LogP contribution in [-0.4, -0.2) is 42.8 Å². The van der Waals surface area contributed by atoms with Crippen molar-refractivity contribution < 1.29 is 19.1 Å². The molecule has 0 aromatic rings. The molecule has 21 heavy (non-hydrogen) atoms. The number of amides is 1. The third-order valence-corrected chi connectivity index (χ3v) is 3.55. The van der Waals surface area contributed by atoms with Crippen LogP contribution in [0.25, 0.3) is 0 Å². The molecule has 1 aliphatic heterocycles. The smallest absolute Gasteiger partial charge is 0.410 e. The third kappa shape index (κ3) is 5.56. The molecular weight excluding hydrogens is 270 g/mol. The minimum Gasteiger partial charge on any atom is -0.461 e. The zero-order valence-corrected chi connectivity index (χ0v) is 14.2. The van der Waals surface area contributed by atoms with Gasteiger partial charge in [-0.2, -0.15) is 0 Å². The number of carbonyl (C=O) groups is 2. The number of likely N-dealkylation sites (tertiary alicyclic amines) is 1. The molecule has 0 saturated carbocycles. The van der Waals surface area contributed by atoms with Crippen LogP contribution in [0.1, 0.15) is 54.4 Å². The van der Waals surface area contributed by atoms with E-state index in [-0.39, 0.29) is 24.1 Å². The van der Waals surface area contributed by atoms with Crippen molar-refractivity contribution in [2.24, 2.45) is 10.8 Å². The lowest BCUT2D eigenvalue weighted by molar-refractivity contribution is -0.158. The SMILES string of the molecule is CC(C)(C)C(=O)OC[C@H](OC(=O)N1CCCC1)C(C)(C)C. The molecule has 0 N–H and O–H groups in total. The standard InChI is InChI=1S/C16H29NO4/c1-15(2,3)12(11-20-13(18)16(4,5)6)21-14(19)17-9-7-8-10-17/h12H,7-11H2,1-6H3/t12-/m0/s1. The average Bonchev–Trinajstić information content (AvgIpc) is 2.84. The third-order valence-electron chi connectivity index (χ3n) is 3.55. The normalized spacial score (nSPS) is 17.5. The highest BCUT2D eigenvalue weighted by Crippen LogP contribution is 2.25. The lowest BCUT2D eigenvalue weighted by Gasteiger charge is -2.32. The van der Waals surface area contributed by atoms with Crippen molar-refractivity contribution in [3.05, 3.63) is 0 Å². The Morgan fingerprint density at radius 2 is 1.57 bits per heavy atom. The first-order chi connectivity index (χ1) is 9.51. The fraction of sp³-hybridized carbons (Fsp3) is 0.875. The quantitative estimate of drug-likeness (QED) is 0.751. The van der Waals surface area contributed by atoms with Gasteiger partial charge in [0, 0.05) is 18.5 Å². The maximum atomic E-state index is 12.1. The van der Waals surface area contributed by atoms with Gasteiger partial charge in [0.05, 0.1) is 5.41 Å². The summed E-state index contributed by atoms with van der Waals surface area (Å²) in [4.78, 5) is 25.7. The van der Waals surface area contributed by atoms with E-state index in [1.54, 1.807) is 25.7 Å². The van der Waals surface area contributed by atoms with Crippen LogP contribution in [0, 0.1) is 10.8 Å². The number of esters is 1. The molecule has 1 rings (SSSR count). The van der Waals surface area contributed by atoms with E-state index >= 15 is 0 Å². The maximum Gasteiger partial charge on any atom is 0.410 e. The molecular formula is C16H29NO4. The van der Waals surface area contributed by atoms with Crippen LogP contribution < -0.4 is 0 Å². The van der Waals surface area contributed by atoms with Gasteiger partial charge in [-0.05, 0) is 33.6 Å². The molecule has 1 aliphatic rings. The first kappa shape index (κ1) is 17.8. The Morgan fingerprint density at radius 3 is 2.00 bits per heavy atom. The summed E-state index contributed by atoms with van der Waals surface area (Å²) in [6.45, 7) is 12.9. The van der Waals surface area contributed by atoms with Crippen LogP contribution in [0.15, 0.2) is 0 Å². The van der Waals surface area contributed by atoms with Crippen molar-refractivity contribution in [2.75, 3.05) is 19.7 Å². The van der Waals surface area contributed by atoms with Gasteiger partial charge in [-0.3, -0.25) is 4.79 Å². The van der Waals surface area contributed by atoms with E-state index in [1.807, 2.05) is 20.8 Å². The molecule has 0 radical (unpaired) electrons. The molecule has 1 atom stereocenters. The zero-order chi connectivity index (χ0) is 16.3. The molecule has 5 heteroatoms. The van der Waals surface area contributed by atoms with Gasteiger partial charge < -0.3 is 14.4 Å². The van der Waals surface area contributed by atoms with Crippen molar-refractivity contribution in [3.63, 3.8) is 0 Å². The van der Waals surface area contributed by atoms with Crippen molar-refractivity contribution in [1.82, 2.24) is 4.90 Å². The summed E-state index contributed by atoms with van der Waals surface area (Å²) in [6, 6.07) is 0. The molecule has 122 valence electrons. The Morgan fingerprint density at radius 1 is 1.05 bits per heavy atom. The van der Waals surface area contributed by atoms with Gasteiger partial charge in [0.15, 0.2) is 0 Å². The number of hydrogen-bond acceptors (Lipinski definition) is 4. The molecule has 1 fully saturated rings. The van der Waals surface area contributed by atoms with Crippen molar-refractivity contribution >= 4 is 12.1 Å². The largest absolute Gasteiger partial charge is 0.461 e. The lowest BCUT2D eigenvalue weighted by atomic mass is 9.89. The minimum atomic E-state index is -0.554. The molecule has 0 aromatic carbocycles. The summed E-state index contributed by atoms with van der Waals surface area (Å²) in [5.41, 5.74) is -0.838. The monoisotopic (exact) mass is 299 g/mol. The number of ether oxygens (including phenoxy) is 2. The zero-order valence-electron chi connectivity index (χ0n) is 14.2. The highest BCUT2D eigenvalue weighted by atomic mass is 16.6. The van der Waals surface area contributed by atoms with Crippen LogP contribution >= 0.6 is 0 Å². The topological polar surface area (TPSA) is 55.8 Å². The van der Waals surface area contributed by atoms with Crippen molar-refractivity contribution in [1.29, 1.82) is 0 Å². The molecule has 0 aliphatic carbocycles. The molecule has 0 bridgehead atoms. The number of carbonyl (C=O) groups excluding carboxylic acids is 2. The van der Waals surface area contributed by atoms with Crippen LogP contribution in [0.2, 0.25) is 0 Å². The Balaban J connectivity index is 2.60.